The molecule has 27 heavy (non-hydrogen) atoms. The van der Waals surface area contributed by atoms with Gasteiger partial charge in [-0.3, -0.25) is 10.1 Å². The van der Waals surface area contributed by atoms with Crippen LogP contribution >= 0.6 is 22.9 Å². The van der Waals surface area contributed by atoms with Crippen molar-refractivity contribution in [2.75, 3.05) is 12.4 Å². The summed E-state index contributed by atoms with van der Waals surface area (Å²) in [6.45, 7) is 0. The third-order valence-electron chi connectivity index (χ3n) is 4.43. The van der Waals surface area contributed by atoms with Gasteiger partial charge in [0.1, 0.15) is 0 Å². The Bertz CT molecular complexity index is 1120. The van der Waals surface area contributed by atoms with Gasteiger partial charge in [-0.05, 0) is 55.3 Å². The Labute approximate surface area is 165 Å². The second kappa shape index (κ2) is 6.87. The highest BCUT2D eigenvalue weighted by Gasteiger charge is 2.35. The monoisotopic (exact) mass is 421 g/mol. The molecule has 0 unspecified atom stereocenters. The Morgan fingerprint density at radius 3 is 2.59 bits per heavy atom. The third-order valence-corrected chi connectivity index (χ3v) is 7.52. The smallest absolute Gasteiger partial charge is 0.257 e. The molecular formula is C18H16ClN3O3S2. The molecule has 1 aliphatic carbocycles. The van der Waals surface area contributed by atoms with E-state index in [9.17, 15) is 13.2 Å². The summed E-state index contributed by atoms with van der Waals surface area (Å²) in [6, 6.07) is 11.3. The van der Waals surface area contributed by atoms with Crippen LogP contribution in [-0.4, -0.2) is 36.7 Å². The lowest BCUT2D eigenvalue weighted by Gasteiger charge is -2.16. The Morgan fingerprint density at radius 2 is 1.93 bits per heavy atom. The molecule has 9 heteroatoms. The first kappa shape index (κ1) is 18.4. The van der Waals surface area contributed by atoms with Crippen molar-refractivity contribution in [3.8, 4) is 0 Å². The van der Waals surface area contributed by atoms with Crippen LogP contribution in [0.25, 0.3) is 10.2 Å². The van der Waals surface area contributed by atoms with Crippen molar-refractivity contribution in [2.45, 2.75) is 23.8 Å². The maximum Gasteiger partial charge on any atom is 0.257 e. The zero-order valence-corrected chi connectivity index (χ0v) is 16.7. The van der Waals surface area contributed by atoms with E-state index in [1.54, 1.807) is 25.2 Å². The summed E-state index contributed by atoms with van der Waals surface area (Å²) < 4.78 is 27.3. The predicted molar refractivity (Wildman–Crippen MR) is 107 cm³/mol. The molecule has 4 rings (SSSR count). The molecule has 1 N–H and O–H groups in total. The van der Waals surface area contributed by atoms with Crippen LogP contribution in [0.4, 0.5) is 5.13 Å². The van der Waals surface area contributed by atoms with Crippen molar-refractivity contribution in [1.29, 1.82) is 0 Å². The highest BCUT2D eigenvalue weighted by molar-refractivity contribution is 7.89. The minimum Gasteiger partial charge on any atom is -0.298 e. The van der Waals surface area contributed by atoms with Gasteiger partial charge in [0.15, 0.2) is 5.13 Å². The highest BCUT2D eigenvalue weighted by Crippen LogP contribution is 2.31. The van der Waals surface area contributed by atoms with Gasteiger partial charge in [-0.2, -0.15) is 4.31 Å². The molecule has 1 heterocycles. The topological polar surface area (TPSA) is 79.4 Å². The number of nitrogens with zero attached hydrogens (tertiary/aromatic N) is 2. The first-order valence-corrected chi connectivity index (χ1v) is 10.9. The molecule has 6 nitrogen and oxygen atoms in total. The van der Waals surface area contributed by atoms with Gasteiger partial charge < -0.3 is 0 Å². The molecular weight excluding hydrogens is 406 g/mol. The number of nitrogens with one attached hydrogen (secondary N) is 1. The standard InChI is InChI=1S/C18H16ClN3O3S2/c1-22(13-5-6-13)27(24,25)14-7-2-11(3-8-14)17(23)21-18-20-15-9-4-12(19)10-16(15)26-18/h2-4,7-10,13H,5-6H2,1H3,(H,20,21,23). The van der Waals surface area contributed by atoms with Crippen molar-refractivity contribution in [2.24, 2.45) is 0 Å². The van der Waals surface area contributed by atoms with Crippen LogP contribution in [0.2, 0.25) is 5.02 Å². The molecule has 3 aromatic rings. The van der Waals surface area contributed by atoms with E-state index in [1.807, 2.05) is 0 Å². The molecule has 1 aliphatic rings. The minimum atomic E-state index is -3.52. The van der Waals surface area contributed by atoms with E-state index in [-0.39, 0.29) is 16.8 Å². The number of thiazole rings is 1. The average Bonchev–Trinajstić information content (AvgIpc) is 3.41. The van der Waals surface area contributed by atoms with Crippen LogP contribution in [0, 0.1) is 0 Å². The van der Waals surface area contributed by atoms with Crippen molar-refractivity contribution >= 4 is 54.2 Å². The molecule has 0 spiro atoms. The molecule has 0 saturated heterocycles. The summed E-state index contributed by atoms with van der Waals surface area (Å²) in [5, 5.41) is 3.81. The van der Waals surface area contributed by atoms with Crippen LogP contribution in [-0.2, 0) is 10.0 Å². The molecule has 0 aliphatic heterocycles. The third kappa shape index (κ3) is 3.70. The number of hydrogen-bond donors (Lipinski definition) is 1. The second-order valence-corrected chi connectivity index (χ2v) is 9.83. The number of hydrogen-bond acceptors (Lipinski definition) is 5. The minimum absolute atomic E-state index is 0.0884. The Hall–Kier alpha value is -2.00. The lowest BCUT2D eigenvalue weighted by molar-refractivity contribution is 0.102. The number of amides is 1. The lowest BCUT2D eigenvalue weighted by atomic mass is 10.2. The molecule has 1 fully saturated rings. The lowest BCUT2D eigenvalue weighted by Crippen LogP contribution is -2.29. The molecule has 0 radical (unpaired) electrons. The number of anilines is 1. The molecule has 2 aromatic carbocycles. The molecule has 1 amide bonds. The number of halogens is 1. The van der Waals surface area contributed by atoms with Crippen molar-refractivity contribution < 1.29 is 13.2 Å². The fraction of sp³-hybridized carbons (Fsp3) is 0.222. The zero-order chi connectivity index (χ0) is 19.2. The molecule has 0 bridgehead atoms. The Balaban J connectivity index is 1.51. The Kier molecular flexibility index (Phi) is 4.67. The van der Waals surface area contributed by atoms with Gasteiger partial charge >= 0.3 is 0 Å². The van der Waals surface area contributed by atoms with Gasteiger partial charge in [0, 0.05) is 23.7 Å². The SMILES string of the molecule is CN(C1CC1)S(=O)(=O)c1ccc(C(=O)Nc2nc3ccc(Cl)cc3s2)cc1. The summed E-state index contributed by atoms with van der Waals surface area (Å²) in [4.78, 5) is 17.0. The van der Waals surface area contributed by atoms with E-state index in [0.717, 1.165) is 23.1 Å². The fourth-order valence-electron chi connectivity index (χ4n) is 2.70. The normalized spacial score (nSPS) is 14.6. The first-order valence-electron chi connectivity index (χ1n) is 8.30. The van der Waals surface area contributed by atoms with Crippen LogP contribution in [0.1, 0.15) is 23.2 Å². The first-order chi connectivity index (χ1) is 12.8. The van der Waals surface area contributed by atoms with Gasteiger partial charge in [0.25, 0.3) is 5.91 Å². The Morgan fingerprint density at radius 1 is 1.22 bits per heavy atom. The van der Waals surface area contributed by atoms with E-state index < -0.39 is 10.0 Å². The number of carbonyl (C=O) groups excluding carboxylic acids is 1. The summed E-state index contributed by atoms with van der Waals surface area (Å²) in [7, 11) is -1.93. The van der Waals surface area contributed by atoms with Crippen LogP contribution in [0.5, 0.6) is 0 Å². The van der Waals surface area contributed by atoms with E-state index in [1.165, 1.54) is 39.9 Å². The van der Waals surface area contributed by atoms with Gasteiger partial charge in [0.05, 0.1) is 15.1 Å². The van der Waals surface area contributed by atoms with Crippen LogP contribution < -0.4 is 5.32 Å². The number of carbonyl (C=O) groups is 1. The van der Waals surface area contributed by atoms with Crippen molar-refractivity contribution in [3.05, 3.63) is 53.1 Å². The molecule has 140 valence electrons. The van der Waals surface area contributed by atoms with E-state index in [2.05, 4.69) is 10.3 Å². The molecule has 0 atom stereocenters. The van der Waals surface area contributed by atoms with Crippen molar-refractivity contribution in [1.82, 2.24) is 9.29 Å². The summed E-state index contributed by atoms with van der Waals surface area (Å²) in [6.07, 6.45) is 1.78. The van der Waals surface area contributed by atoms with Gasteiger partial charge in [0.2, 0.25) is 10.0 Å². The number of sulfonamides is 1. The maximum atomic E-state index is 12.5. The predicted octanol–water partition coefficient (Wildman–Crippen LogP) is 3.98. The number of benzene rings is 2. The van der Waals surface area contributed by atoms with E-state index in [4.69, 9.17) is 11.6 Å². The summed E-state index contributed by atoms with van der Waals surface area (Å²) >= 11 is 7.29. The quantitative estimate of drug-likeness (QED) is 0.675. The fourth-order valence-corrected chi connectivity index (χ4v) is 5.25. The van der Waals surface area contributed by atoms with Crippen LogP contribution in [0.3, 0.4) is 0 Å². The van der Waals surface area contributed by atoms with Gasteiger partial charge in [-0.25, -0.2) is 13.4 Å². The summed E-state index contributed by atoms with van der Waals surface area (Å²) in [5.74, 6) is -0.348. The molecule has 1 aromatic heterocycles. The number of fused-ring (bicyclic) bond motifs is 1. The van der Waals surface area contributed by atoms with Gasteiger partial charge in [-0.1, -0.05) is 22.9 Å². The van der Waals surface area contributed by atoms with Gasteiger partial charge in [-0.15, -0.1) is 0 Å². The van der Waals surface area contributed by atoms with E-state index >= 15 is 0 Å². The molecule has 1 saturated carbocycles. The van der Waals surface area contributed by atoms with Crippen molar-refractivity contribution in [3.63, 3.8) is 0 Å². The zero-order valence-electron chi connectivity index (χ0n) is 14.3. The van der Waals surface area contributed by atoms with E-state index in [0.29, 0.717) is 15.7 Å². The largest absolute Gasteiger partial charge is 0.298 e. The average molecular weight is 422 g/mol. The summed E-state index contributed by atoms with van der Waals surface area (Å²) in [5.41, 5.74) is 1.12. The number of aromatic nitrogens is 1. The number of rotatable bonds is 5. The highest BCUT2D eigenvalue weighted by atomic mass is 35.5. The van der Waals surface area contributed by atoms with Crippen LogP contribution in [0.15, 0.2) is 47.4 Å². The maximum absolute atomic E-state index is 12.5. The second-order valence-electron chi connectivity index (χ2n) is 6.36.